The second-order valence-corrected chi connectivity index (χ2v) is 8.14. The van der Waals surface area contributed by atoms with Crippen molar-refractivity contribution >= 4 is 38.6 Å². The van der Waals surface area contributed by atoms with E-state index >= 15 is 0 Å². The number of hydrogen-bond donors (Lipinski definition) is 1. The highest BCUT2D eigenvalue weighted by Crippen LogP contribution is 2.25. The Kier molecular flexibility index (Phi) is 6.51. The van der Waals surface area contributed by atoms with Crippen LogP contribution in [0.5, 0.6) is 5.75 Å². The summed E-state index contributed by atoms with van der Waals surface area (Å²) >= 11 is 4.97. The SMILES string of the molecule is Fc1ccc(COc2ccc(Br)cc2C=NNc2nc(-c3ccccc3)cs2)cc1. The highest BCUT2D eigenvalue weighted by molar-refractivity contribution is 9.10. The number of halogens is 2. The molecule has 0 unspecified atom stereocenters. The molecule has 0 amide bonds. The molecule has 0 saturated carbocycles. The number of anilines is 1. The Bertz CT molecular complexity index is 1150. The van der Waals surface area contributed by atoms with Crippen LogP contribution in [0.25, 0.3) is 11.3 Å². The smallest absolute Gasteiger partial charge is 0.203 e. The molecule has 7 heteroatoms. The van der Waals surface area contributed by atoms with E-state index in [0.717, 1.165) is 26.9 Å². The van der Waals surface area contributed by atoms with Gasteiger partial charge in [0.15, 0.2) is 0 Å². The van der Waals surface area contributed by atoms with Crippen molar-refractivity contribution < 1.29 is 9.13 Å². The quantitative estimate of drug-likeness (QED) is 0.235. The van der Waals surface area contributed by atoms with Gasteiger partial charge in [-0.05, 0) is 35.9 Å². The maximum Gasteiger partial charge on any atom is 0.203 e. The highest BCUT2D eigenvalue weighted by atomic mass is 79.9. The first-order valence-electron chi connectivity index (χ1n) is 9.14. The zero-order valence-electron chi connectivity index (χ0n) is 15.8. The maximum atomic E-state index is 13.1. The molecule has 0 atom stereocenters. The van der Waals surface area contributed by atoms with E-state index in [0.29, 0.717) is 17.5 Å². The van der Waals surface area contributed by atoms with Gasteiger partial charge in [-0.25, -0.2) is 9.37 Å². The van der Waals surface area contributed by atoms with Gasteiger partial charge in [-0.2, -0.15) is 5.10 Å². The number of aromatic nitrogens is 1. The minimum atomic E-state index is -0.265. The summed E-state index contributed by atoms with van der Waals surface area (Å²) in [7, 11) is 0. The molecule has 0 bridgehead atoms. The van der Waals surface area contributed by atoms with E-state index in [1.54, 1.807) is 18.3 Å². The predicted octanol–water partition coefficient (Wildman–Crippen LogP) is 6.74. The van der Waals surface area contributed by atoms with Gasteiger partial charge in [0.25, 0.3) is 0 Å². The summed E-state index contributed by atoms with van der Waals surface area (Å²) in [5.74, 6) is 0.413. The summed E-state index contributed by atoms with van der Waals surface area (Å²) in [6.07, 6.45) is 1.69. The molecule has 3 aromatic carbocycles. The molecule has 0 saturated heterocycles. The topological polar surface area (TPSA) is 46.5 Å². The second kappa shape index (κ2) is 9.65. The Balaban J connectivity index is 1.43. The van der Waals surface area contributed by atoms with Crippen molar-refractivity contribution in [2.45, 2.75) is 6.61 Å². The van der Waals surface area contributed by atoms with Crippen LogP contribution >= 0.6 is 27.3 Å². The first-order valence-corrected chi connectivity index (χ1v) is 10.8. The Morgan fingerprint density at radius 1 is 1.07 bits per heavy atom. The zero-order chi connectivity index (χ0) is 20.8. The maximum absolute atomic E-state index is 13.1. The number of hydrogen-bond acceptors (Lipinski definition) is 5. The molecule has 4 rings (SSSR count). The van der Waals surface area contributed by atoms with Crippen LogP contribution in [0.3, 0.4) is 0 Å². The van der Waals surface area contributed by atoms with Gasteiger partial charge in [0.2, 0.25) is 5.13 Å². The number of ether oxygens (including phenoxy) is 1. The molecule has 30 heavy (non-hydrogen) atoms. The van der Waals surface area contributed by atoms with Crippen LogP contribution in [-0.4, -0.2) is 11.2 Å². The van der Waals surface area contributed by atoms with E-state index in [4.69, 9.17) is 4.74 Å². The first-order chi connectivity index (χ1) is 14.7. The van der Waals surface area contributed by atoms with E-state index < -0.39 is 0 Å². The third-order valence-corrected chi connectivity index (χ3v) is 5.46. The lowest BCUT2D eigenvalue weighted by Crippen LogP contribution is -1.99. The lowest BCUT2D eigenvalue weighted by atomic mass is 10.2. The molecule has 1 heterocycles. The normalized spacial score (nSPS) is 11.0. The van der Waals surface area contributed by atoms with Gasteiger partial charge in [0.05, 0.1) is 11.9 Å². The minimum Gasteiger partial charge on any atom is -0.488 e. The van der Waals surface area contributed by atoms with Gasteiger partial charge in [0.1, 0.15) is 18.2 Å². The van der Waals surface area contributed by atoms with Crippen molar-refractivity contribution in [3.8, 4) is 17.0 Å². The summed E-state index contributed by atoms with van der Waals surface area (Å²) in [5, 5.41) is 7.00. The molecule has 150 valence electrons. The van der Waals surface area contributed by atoms with Crippen molar-refractivity contribution in [3.63, 3.8) is 0 Å². The molecule has 4 nitrogen and oxygen atoms in total. The number of nitrogens with zero attached hydrogens (tertiary/aromatic N) is 2. The van der Waals surface area contributed by atoms with E-state index in [1.165, 1.54) is 23.5 Å². The standard InChI is InChI=1S/C23H17BrFN3OS/c24-19-8-11-22(29-14-16-6-9-20(25)10-7-16)18(12-19)13-26-28-23-27-21(15-30-23)17-4-2-1-3-5-17/h1-13,15H,14H2,(H,27,28). The molecule has 0 aliphatic heterocycles. The van der Waals surface area contributed by atoms with Gasteiger partial charge in [0, 0.05) is 21.0 Å². The first kappa shape index (κ1) is 20.3. The third-order valence-electron chi connectivity index (χ3n) is 4.22. The molecule has 4 aromatic rings. The highest BCUT2D eigenvalue weighted by Gasteiger charge is 2.05. The molecule has 0 aliphatic carbocycles. The van der Waals surface area contributed by atoms with E-state index in [9.17, 15) is 4.39 Å². The molecular weight excluding hydrogens is 465 g/mol. The molecular formula is C23H17BrFN3OS. The monoisotopic (exact) mass is 481 g/mol. The number of rotatable bonds is 7. The average Bonchev–Trinajstić information content (AvgIpc) is 3.24. The van der Waals surface area contributed by atoms with Gasteiger partial charge in [-0.15, -0.1) is 11.3 Å². The van der Waals surface area contributed by atoms with Gasteiger partial charge in [-0.3, -0.25) is 5.43 Å². The van der Waals surface area contributed by atoms with Crippen LogP contribution in [0.4, 0.5) is 9.52 Å². The van der Waals surface area contributed by atoms with E-state index in [2.05, 4.69) is 31.4 Å². The van der Waals surface area contributed by atoms with Crippen LogP contribution in [0.1, 0.15) is 11.1 Å². The summed E-state index contributed by atoms with van der Waals surface area (Å²) in [6, 6.07) is 21.9. The van der Waals surface area contributed by atoms with Crippen LogP contribution < -0.4 is 10.2 Å². The zero-order valence-corrected chi connectivity index (χ0v) is 18.2. The number of nitrogens with one attached hydrogen (secondary N) is 1. The van der Waals surface area contributed by atoms with E-state index in [1.807, 2.05) is 53.9 Å². The van der Waals surface area contributed by atoms with Crippen LogP contribution in [0.15, 0.2) is 87.8 Å². The van der Waals surface area contributed by atoms with Crippen LogP contribution in [-0.2, 0) is 6.61 Å². The van der Waals surface area contributed by atoms with Crippen molar-refractivity contribution in [1.82, 2.24) is 4.98 Å². The lowest BCUT2D eigenvalue weighted by molar-refractivity contribution is 0.305. The van der Waals surface area contributed by atoms with Gasteiger partial charge >= 0.3 is 0 Å². The van der Waals surface area contributed by atoms with Crippen molar-refractivity contribution in [2.75, 3.05) is 5.43 Å². The Morgan fingerprint density at radius 2 is 1.87 bits per heavy atom. The number of thiazole rings is 1. The summed E-state index contributed by atoms with van der Waals surface area (Å²) in [4.78, 5) is 4.56. The molecule has 0 radical (unpaired) electrons. The summed E-state index contributed by atoms with van der Waals surface area (Å²) in [5.41, 5.74) is 6.64. The minimum absolute atomic E-state index is 0.265. The molecule has 1 N–H and O–H groups in total. The fourth-order valence-corrected chi connectivity index (χ4v) is 3.76. The van der Waals surface area contributed by atoms with Crippen molar-refractivity contribution in [2.24, 2.45) is 5.10 Å². The average molecular weight is 482 g/mol. The fraction of sp³-hybridized carbons (Fsp3) is 0.0435. The predicted molar refractivity (Wildman–Crippen MR) is 124 cm³/mol. The fourth-order valence-electron chi connectivity index (χ4n) is 2.72. The van der Waals surface area contributed by atoms with Crippen LogP contribution in [0, 0.1) is 5.82 Å². The number of benzene rings is 3. The van der Waals surface area contributed by atoms with Gasteiger partial charge in [-0.1, -0.05) is 58.4 Å². The second-order valence-electron chi connectivity index (χ2n) is 6.37. The van der Waals surface area contributed by atoms with Crippen LogP contribution in [0.2, 0.25) is 0 Å². The van der Waals surface area contributed by atoms with Crippen molar-refractivity contribution in [3.05, 3.63) is 99.6 Å². The molecule has 0 aliphatic rings. The molecule has 1 aromatic heterocycles. The number of hydrazone groups is 1. The third kappa shape index (κ3) is 5.31. The molecule has 0 spiro atoms. The Labute approximate surface area is 186 Å². The Hall–Kier alpha value is -3.03. The largest absolute Gasteiger partial charge is 0.488 e. The van der Waals surface area contributed by atoms with Crippen molar-refractivity contribution in [1.29, 1.82) is 0 Å². The summed E-state index contributed by atoms with van der Waals surface area (Å²) < 4.78 is 19.9. The molecule has 0 fully saturated rings. The summed E-state index contributed by atoms with van der Waals surface area (Å²) in [6.45, 7) is 0.336. The lowest BCUT2D eigenvalue weighted by Gasteiger charge is -2.09. The van der Waals surface area contributed by atoms with Gasteiger partial charge < -0.3 is 4.74 Å². The van der Waals surface area contributed by atoms with E-state index in [-0.39, 0.29) is 5.82 Å². The Morgan fingerprint density at radius 3 is 2.67 bits per heavy atom.